The van der Waals surface area contributed by atoms with Gasteiger partial charge in [-0.2, -0.15) is 0 Å². The van der Waals surface area contributed by atoms with Gasteiger partial charge >= 0.3 is 0 Å². The smallest absolute Gasteiger partial charge is 0.228 e. The number of rotatable bonds is 1. The number of aryl methyl sites for hydroxylation is 1. The van der Waals surface area contributed by atoms with Crippen molar-refractivity contribution in [2.24, 2.45) is 0 Å². The molecule has 0 radical (unpaired) electrons. The lowest BCUT2D eigenvalue weighted by molar-refractivity contribution is -0.122. The summed E-state index contributed by atoms with van der Waals surface area (Å²) in [7, 11) is 1.69. The van der Waals surface area contributed by atoms with Crippen LogP contribution in [0.2, 0.25) is 0 Å². The van der Waals surface area contributed by atoms with Gasteiger partial charge in [0.25, 0.3) is 0 Å². The molecule has 3 heteroatoms. The molecule has 15 heavy (non-hydrogen) atoms. The first-order valence-corrected chi connectivity index (χ1v) is 5.24. The maximum atomic E-state index is 11.7. The highest BCUT2D eigenvalue weighted by molar-refractivity contribution is 5.84. The number of hydrogen-bond donors (Lipinski definition) is 2. The Bertz CT molecular complexity index is 387. The lowest BCUT2D eigenvalue weighted by Gasteiger charge is -2.26. The summed E-state index contributed by atoms with van der Waals surface area (Å²) in [5.74, 6) is 0.0488. The van der Waals surface area contributed by atoms with E-state index in [4.69, 9.17) is 0 Å². The van der Waals surface area contributed by atoms with Crippen LogP contribution in [-0.4, -0.2) is 19.5 Å². The largest absolute Gasteiger partial charge is 0.359 e. The van der Waals surface area contributed by atoms with Gasteiger partial charge in [0.05, 0.1) is 5.92 Å². The van der Waals surface area contributed by atoms with Crippen LogP contribution in [0.3, 0.4) is 0 Å². The summed E-state index contributed by atoms with van der Waals surface area (Å²) >= 11 is 0. The van der Waals surface area contributed by atoms with Crippen molar-refractivity contribution in [2.45, 2.75) is 19.4 Å². The van der Waals surface area contributed by atoms with Crippen molar-refractivity contribution in [1.29, 1.82) is 0 Å². The molecule has 80 valence electrons. The molecule has 2 rings (SSSR count). The van der Waals surface area contributed by atoms with Crippen LogP contribution >= 0.6 is 0 Å². The minimum absolute atomic E-state index is 0.0429. The predicted molar refractivity (Wildman–Crippen MR) is 59.7 cm³/mol. The normalized spacial score (nSPS) is 19.5. The van der Waals surface area contributed by atoms with Crippen LogP contribution in [0.25, 0.3) is 0 Å². The number of carbonyl (C=O) groups is 1. The number of amides is 1. The third kappa shape index (κ3) is 1.75. The molecule has 1 aromatic carbocycles. The molecule has 1 unspecified atom stereocenters. The van der Waals surface area contributed by atoms with Crippen molar-refractivity contribution in [3.63, 3.8) is 0 Å². The molecule has 0 fully saturated rings. The van der Waals surface area contributed by atoms with Crippen molar-refractivity contribution in [2.75, 3.05) is 13.6 Å². The number of fused-ring (bicyclic) bond motifs is 1. The van der Waals surface area contributed by atoms with E-state index in [0.717, 1.165) is 13.1 Å². The molecular weight excluding hydrogens is 188 g/mol. The van der Waals surface area contributed by atoms with Gasteiger partial charge in [-0.25, -0.2) is 0 Å². The van der Waals surface area contributed by atoms with Crippen molar-refractivity contribution in [3.8, 4) is 0 Å². The van der Waals surface area contributed by atoms with Crippen LogP contribution in [-0.2, 0) is 11.3 Å². The van der Waals surface area contributed by atoms with E-state index in [1.807, 2.05) is 6.07 Å². The molecule has 0 saturated heterocycles. The fraction of sp³-hybridized carbons (Fsp3) is 0.417. The quantitative estimate of drug-likeness (QED) is 0.714. The van der Waals surface area contributed by atoms with E-state index < -0.39 is 0 Å². The highest BCUT2D eigenvalue weighted by Crippen LogP contribution is 2.26. The van der Waals surface area contributed by atoms with Crippen LogP contribution in [0.1, 0.15) is 22.6 Å². The Morgan fingerprint density at radius 1 is 1.53 bits per heavy atom. The maximum Gasteiger partial charge on any atom is 0.228 e. The van der Waals surface area contributed by atoms with Crippen molar-refractivity contribution < 1.29 is 4.79 Å². The van der Waals surface area contributed by atoms with Crippen LogP contribution in [0.15, 0.2) is 18.2 Å². The molecule has 0 aliphatic carbocycles. The third-order valence-corrected chi connectivity index (χ3v) is 3.04. The summed E-state index contributed by atoms with van der Waals surface area (Å²) in [4.78, 5) is 11.7. The molecule has 1 atom stereocenters. The number of likely N-dealkylation sites (N-methyl/N-ethyl adjacent to an activating group) is 1. The van der Waals surface area contributed by atoms with E-state index in [2.05, 4.69) is 29.7 Å². The summed E-state index contributed by atoms with van der Waals surface area (Å²) in [5.41, 5.74) is 3.71. The highest BCUT2D eigenvalue weighted by atomic mass is 16.1. The van der Waals surface area contributed by atoms with Crippen molar-refractivity contribution in [1.82, 2.24) is 10.6 Å². The van der Waals surface area contributed by atoms with Gasteiger partial charge < -0.3 is 10.6 Å². The molecule has 3 nitrogen and oxygen atoms in total. The molecule has 1 heterocycles. The van der Waals surface area contributed by atoms with E-state index in [9.17, 15) is 4.79 Å². The first-order chi connectivity index (χ1) is 7.24. The minimum Gasteiger partial charge on any atom is -0.359 e. The van der Waals surface area contributed by atoms with Gasteiger partial charge in [-0.1, -0.05) is 18.2 Å². The summed E-state index contributed by atoms with van der Waals surface area (Å²) in [6.45, 7) is 3.69. The zero-order chi connectivity index (χ0) is 10.8. The zero-order valence-corrected chi connectivity index (χ0v) is 9.13. The SMILES string of the molecule is CNC(=O)C1CNCc2c(C)cccc21. The molecule has 1 amide bonds. The maximum absolute atomic E-state index is 11.7. The number of nitrogens with one attached hydrogen (secondary N) is 2. The van der Waals surface area contributed by atoms with E-state index in [1.54, 1.807) is 7.05 Å². The second-order valence-corrected chi connectivity index (χ2v) is 3.94. The van der Waals surface area contributed by atoms with E-state index in [1.165, 1.54) is 16.7 Å². The Balaban J connectivity index is 2.42. The van der Waals surface area contributed by atoms with Crippen LogP contribution < -0.4 is 10.6 Å². The summed E-state index contributed by atoms with van der Waals surface area (Å²) in [5, 5.41) is 6.00. The summed E-state index contributed by atoms with van der Waals surface area (Å²) < 4.78 is 0. The average molecular weight is 204 g/mol. The second kappa shape index (κ2) is 4.03. The van der Waals surface area contributed by atoms with E-state index in [0.29, 0.717) is 0 Å². The number of carbonyl (C=O) groups excluding carboxylic acids is 1. The van der Waals surface area contributed by atoms with E-state index >= 15 is 0 Å². The molecule has 1 aromatic rings. The minimum atomic E-state index is -0.0429. The van der Waals surface area contributed by atoms with Crippen molar-refractivity contribution >= 4 is 5.91 Å². The first kappa shape index (κ1) is 10.2. The fourth-order valence-electron chi connectivity index (χ4n) is 2.15. The van der Waals surface area contributed by atoms with Gasteiger partial charge in [0.15, 0.2) is 0 Å². The predicted octanol–water partition coefficient (Wildman–Crippen LogP) is 0.928. The topological polar surface area (TPSA) is 41.1 Å². The average Bonchev–Trinajstić information content (AvgIpc) is 2.28. The molecule has 1 aliphatic rings. The molecule has 0 bridgehead atoms. The molecule has 0 saturated carbocycles. The van der Waals surface area contributed by atoms with Gasteiger partial charge in [0.1, 0.15) is 0 Å². The highest BCUT2D eigenvalue weighted by Gasteiger charge is 2.25. The Labute approximate surface area is 89.9 Å². The third-order valence-electron chi connectivity index (χ3n) is 3.04. The lowest BCUT2D eigenvalue weighted by Crippen LogP contribution is -2.37. The van der Waals surface area contributed by atoms with Gasteiger partial charge in [0.2, 0.25) is 5.91 Å². The summed E-state index contributed by atoms with van der Waals surface area (Å²) in [6, 6.07) is 6.17. The number of hydrogen-bond acceptors (Lipinski definition) is 2. The Morgan fingerprint density at radius 2 is 2.33 bits per heavy atom. The van der Waals surface area contributed by atoms with Gasteiger partial charge in [0, 0.05) is 20.1 Å². The molecule has 2 N–H and O–H groups in total. The Kier molecular flexibility index (Phi) is 2.73. The van der Waals surface area contributed by atoms with Crippen LogP contribution in [0.5, 0.6) is 0 Å². The second-order valence-electron chi connectivity index (χ2n) is 3.94. The first-order valence-electron chi connectivity index (χ1n) is 5.24. The molecule has 0 aromatic heterocycles. The number of benzene rings is 1. The van der Waals surface area contributed by atoms with Gasteiger partial charge in [-0.05, 0) is 23.6 Å². The van der Waals surface area contributed by atoms with Crippen LogP contribution in [0, 0.1) is 6.92 Å². The van der Waals surface area contributed by atoms with Gasteiger partial charge in [-0.3, -0.25) is 4.79 Å². The standard InChI is InChI=1S/C12H16N2O/c1-8-4-3-5-9-10(8)6-14-7-11(9)12(15)13-2/h3-5,11,14H,6-7H2,1-2H3,(H,13,15). The Morgan fingerprint density at radius 3 is 3.07 bits per heavy atom. The fourth-order valence-corrected chi connectivity index (χ4v) is 2.15. The monoisotopic (exact) mass is 204 g/mol. The Hall–Kier alpha value is -1.35. The zero-order valence-electron chi connectivity index (χ0n) is 9.13. The molecular formula is C12H16N2O. The molecule has 1 aliphatic heterocycles. The molecule has 0 spiro atoms. The lowest BCUT2D eigenvalue weighted by atomic mass is 9.88. The summed E-state index contributed by atoms with van der Waals surface area (Å²) in [6.07, 6.45) is 0. The van der Waals surface area contributed by atoms with Crippen LogP contribution in [0.4, 0.5) is 0 Å². The van der Waals surface area contributed by atoms with Crippen molar-refractivity contribution in [3.05, 3.63) is 34.9 Å². The van der Waals surface area contributed by atoms with Gasteiger partial charge in [-0.15, -0.1) is 0 Å². The van der Waals surface area contributed by atoms with E-state index in [-0.39, 0.29) is 11.8 Å².